The van der Waals surface area contributed by atoms with Gasteiger partial charge in [0, 0.05) is 25.7 Å². The van der Waals surface area contributed by atoms with Gasteiger partial charge in [-0.05, 0) is 49.4 Å². The van der Waals surface area contributed by atoms with E-state index in [1.54, 1.807) is 0 Å². The molecule has 17 nitrogen and oxygen atoms in total. The predicted octanol–water partition coefficient (Wildman–Crippen LogP) is 17.4. The molecule has 0 amide bonds. The minimum absolute atomic E-state index is 0.101. The molecule has 0 saturated heterocycles. The molecule has 0 aromatic carbocycles. The summed E-state index contributed by atoms with van der Waals surface area (Å²) in [5.41, 5.74) is 0. The molecule has 0 heterocycles. The second-order valence-electron chi connectivity index (χ2n) is 24.6. The highest BCUT2D eigenvalue weighted by Crippen LogP contribution is 2.45. The lowest BCUT2D eigenvalue weighted by molar-refractivity contribution is -0.161. The summed E-state index contributed by atoms with van der Waals surface area (Å²) in [7, 11) is -9.89. The maximum Gasteiger partial charge on any atom is 0.472 e. The van der Waals surface area contributed by atoms with Crippen LogP contribution in [0.3, 0.4) is 0 Å². The Morgan fingerprint density at radius 3 is 0.855 bits per heavy atom. The largest absolute Gasteiger partial charge is 0.472 e. The van der Waals surface area contributed by atoms with E-state index in [0.29, 0.717) is 37.5 Å². The average Bonchev–Trinajstić information content (AvgIpc) is 3.45. The van der Waals surface area contributed by atoms with Crippen molar-refractivity contribution in [2.45, 2.75) is 324 Å². The highest BCUT2D eigenvalue weighted by molar-refractivity contribution is 7.47. The summed E-state index contributed by atoms with van der Waals surface area (Å²) in [5.74, 6) is 0.764. The lowest BCUT2D eigenvalue weighted by atomic mass is 9.99. The zero-order valence-electron chi connectivity index (χ0n) is 53.8. The third-order valence-electron chi connectivity index (χ3n) is 15.3. The first-order valence-corrected chi connectivity index (χ1v) is 36.3. The molecule has 7 atom stereocenters. The quantitative estimate of drug-likeness (QED) is 0.0222. The van der Waals surface area contributed by atoms with Crippen molar-refractivity contribution < 1.29 is 80.2 Å². The zero-order valence-corrected chi connectivity index (χ0v) is 55.6. The van der Waals surface area contributed by atoms with Crippen molar-refractivity contribution in [1.82, 2.24) is 0 Å². The molecule has 0 aromatic rings. The topological polar surface area (TPSA) is 237 Å². The van der Waals surface area contributed by atoms with E-state index >= 15 is 0 Å². The van der Waals surface area contributed by atoms with Crippen LogP contribution in [-0.2, 0) is 65.4 Å². The second kappa shape index (κ2) is 54.2. The molecule has 0 aliphatic heterocycles. The monoisotopic (exact) mass is 1230 g/mol. The number of unbranched alkanes of at least 4 members (excludes halogenated alkanes) is 25. The normalized spacial score (nSPS) is 15.1. The lowest BCUT2D eigenvalue weighted by Gasteiger charge is -2.21. The van der Waals surface area contributed by atoms with Crippen molar-refractivity contribution in [2.24, 2.45) is 23.7 Å². The van der Waals surface area contributed by atoms with Crippen LogP contribution in [0.5, 0.6) is 0 Å². The predicted molar refractivity (Wildman–Crippen MR) is 331 cm³/mol. The molecule has 0 aliphatic rings. The van der Waals surface area contributed by atoms with Gasteiger partial charge < -0.3 is 33.8 Å². The number of aliphatic hydroxyl groups excluding tert-OH is 1. The molecule has 0 aliphatic carbocycles. The van der Waals surface area contributed by atoms with Crippen LogP contribution in [0.4, 0.5) is 0 Å². The van der Waals surface area contributed by atoms with Gasteiger partial charge in [0.15, 0.2) is 12.2 Å². The van der Waals surface area contributed by atoms with Crippen LogP contribution < -0.4 is 0 Å². The van der Waals surface area contributed by atoms with Gasteiger partial charge >= 0.3 is 39.5 Å². The summed E-state index contributed by atoms with van der Waals surface area (Å²) in [4.78, 5) is 72.2. The molecule has 0 fully saturated rings. The molecule has 492 valence electrons. The molecular weight excluding hydrogens is 1100 g/mol. The second-order valence-corrected chi connectivity index (χ2v) is 27.5. The van der Waals surface area contributed by atoms with Crippen LogP contribution in [0, 0.1) is 23.7 Å². The Kier molecular flexibility index (Phi) is 53.0. The van der Waals surface area contributed by atoms with E-state index in [0.717, 1.165) is 115 Å². The van der Waals surface area contributed by atoms with Gasteiger partial charge in [0.2, 0.25) is 0 Å². The van der Waals surface area contributed by atoms with Gasteiger partial charge in [0.05, 0.1) is 26.4 Å². The van der Waals surface area contributed by atoms with Crippen LogP contribution in [0.25, 0.3) is 0 Å². The molecular formula is C64H124O17P2. The fourth-order valence-corrected chi connectivity index (χ4v) is 10.9. The zero-order chi connectivity index (χ0) is 61.8. The van der Waals surface area contributed by atoms with Crippen molar-refractivity contribution in [1.29, 1.82) is 0 Å². The summed E-state index contributed by atoms with van der Waals surface area (Å²) < 4.78 is 68.0. The number of carbonyl (C=O) groups excluding carboxylic acids is 4. The molecule has 0 rings (SSSR count). The van der Waals surface area contributed by atoms with Crippen molar-refractivity contribution in [3.63, 3.8) is 0 Å². The summed E-state index contributed by atoms with van der Waals surface area (Å²) in [6.45, 7) is 13.9. The maximum atomic E-state index is 13.0. The number of aliphatic hydroxyl groups is 1. The van der Waals surface area contributed by atoms with E-state index in [9.17, 15) is 43.2 Å². The Labute approximate surface area is 505 Å². The Balaban J connectivity index is 5.25. The number of hydrogen-bond donors (Lipinski definition) is 3. The van der Waals surface area contributed by atoms with E-state index in [1.807, 2.05) is 0 Å². The Bertz CT molecular complexity index is 1670. The van der Waals surface area contributed by atoms with E-state index in [4.69, 9.17) is 37.0 Å². The molecule has 5 unspecified atom stereocenters. The van der Waals surface area contributed by atoms with E-state index in [2.05, 4.69) is 55.4 Å². The number of esters is 4. The van der Waals surface area contributed by atoms with Crippen molar-refractivity contribution >= 4 is 39.5 Å². The molecule has 0 saturated carbocycles. The minimum Gasteiger partial charge on any atom is -0.462 e. The summed E-state index contributed by atoms with van der Waals surface area (Å²) >= 11 is 0. The molecule has 19 heteroatoms. The number of phosphoric ester groups is 2. The van der Waals surface area contributed by atoms with E-state index < -0.39 is 97.5 Å². The van der Waals surface area contributed by atoms with Crippen LogP contribution in [-0.4, -0.2) is 96.7 Å². The molecule has 3 N–H and O–H groups in total. The average molecular weight is 1230 g/mol. The van der Waals surface area contributed by atoms with Gasteiger partial charge in [0.25, 0.3) is 0 Å². The van der Waals surface area contributed by atoms with E-state index in [1.165, 1.54) is 96.3 Å². The van der Waals surface area contributed by atoms with Crippen LogP contribution in [0.1, 0.15) is 306 Å². The first-order chi connectivity index (χ1) is 39.7. The fourth-order valence-electron chi connectivity index (χ4n) is 9.36. The summed E-state index contributed by atoms with van der Waals surface area (Å²) in [5, 5.41) is 10.5. The number of ether oxygens (including phenoxy) is 4. The number of hydrogen-bond acceptors (Lipinski definition) is 15. The van der Waals surface area contributed by atoms with Crippen LogP contribution in [0.15, 0.2) is 0 Å². The number of carbonyl (C=O) groups is 4. The highest BCUT2D eigenvalue weighted by Gasteiger charge is 2.30. The van der Waals surface area contributed by atoms with Crippen molar-refractivity contribution in [2.75, 3.05) is 39.6 Å². The van der Waals surface area contributed by atoms with Gasteiger partial charge in [-0.3, -0.25) is 37.3 Å². The molecule has 0 bridgehead atoms. The van der Waals surface area contributed by atoms with E-state index in [-0.39, 0.29) is 25.7 Å². The van der Waals surface area contributed by atoms with Gasteiger partial charge in [-0.25, -0.2) is 9.13 Å². The standard InChI is InChI=1S/C64H124O17P2/c1-9-56(7)42-34-26-17-13-11-12-14-18-30-38-46-63(68)80-59(51-75-62(67)45-37-29-22-20-25-33-41-55(5)6)52-78-82(70,71)76-48-58(65)49-77-83(72,73)79-53-60(81-64(69)47-39-31-23-21-27-35-43-57(8)10-2)50-74-61(66)44-36-28-19-15-16-24-32-40-54(3)4/h54-60,65H,9-53H2,1-8H3,(H,70,71)(H,72,73)/t56?,57?,58?,59-,60-/m1/s1. The molecule has 0 aromatic heterocycles. The Hall–Kier alpha value is -1.94. The third kappa shape index (κ3) is 56.3. The van der Waals surface area contributed by atoms with Crippen molar-refractivity contribution in [3.05, 3.63) is 0 Å². The van der Waals surface area contributed by atoms with Crippen molar-refractivity contribution in [3.8, 4) is 0 Å². The highest BCUT2D eigenvalue weighted by atomic mass is 31.2. The number of rotatable bonds is 61. The molecule has 0 radical (unpaired) electrons. The Morgan fingerprint density at radius 1 is 0.337 bits per heavy atom. The SMILES string of the molecule is CCC(C)CCCCCCCCCCCCC(=O)O[C@H](COC(=O)CCCCCCCCC(C)C)COP(=O)(O)OCC(O)COP(=O)(O)OC[C@@H](COC(=O)CCCCCCCCCC(C)C)OC(=O)CCCCCCCCC(C)CC. The van der Waals surface area contributed by atoms with Crippen LogP contribution in [0.2, 0.25) is 0 Å². The van der Waals surface area contributed by atoms with Gasteiger partial charge in [-0.15, -0.1) is 0 Å². The first-order valence-electron chi connectivity index (χ1n) is 33.3. The molecule has 83 heavy (non-hydrogen) atoms. The van der Waals surface area contributed by atoms with Gasteiger partial charge in [0.1, 0.15) is 19.3 Å². The fraction of sp³-hybridized carbons (Fsp3) is 0.938. The lowest BCUT2D eigenvalue weighted by Crippen LogP contribution is -2.30. The smallest absolute Gasteiger partial charge is 0.462 e. The summed E-state index contributed by atoms with van der Waals surface area (Å²) in [6.07, 6.45) is 33.6. The van der Waals surface area contributed by atoms with Crippen LogP contribution >= 0.6 is 15.6 Å². The number of phosphoric acid groups is 2. The summed E-state index contributed by atoms with van der Waals surface area (Å²) in [6, 6.07) is 0. The third-order valence-corrected chi connectivity index (χ3v) is 17.2. The van der Waals surface area contributed by atoms with Gasteiger partial charge in [-0.1, -0.05) is 254 Å². The minimum atomic E-state index is -4.95. The Morgan fingerprint density at radius 2 is 0.578 bits per heavy atom. The maximum absolute atomic E-state index is 13.0. The van der Waals surface area contributed by atoms with Gasteiger partial charge in [-0.2, -0.15) is 0 Å². The first kappa shape index (κ1) is 81.1. The molecule has 0 spiro atoms.